The van der Waals surface area contributed by atoms with E-state index in [2.05, 4.69) is 0 Å². The van der Waals surface area contributed by atoms with E-state index >= 15 is 0 Å². The number of carbonyl (C=O) groups is 2. The number of thioether (sulfide) groups is 1. The molecule has 0 spiro atoms. The molecule has 0 aliphatic heterocycles. The summed E-state index contributed by atoms with van der Waals surface area (Å²) in [4.78, 5) is 26.8. The van der Waals surface area contributed by atoms with Gasteiger partial charge in [0.15, 0.2) is 10.5 Å². The van der Waals surface area contributed by atoms with Gasteiger partial charge in [0.25, 0.3) is 0 Å². The summed E-state index contributed by atoms with van der Waals surface area (Å²) in [5.41, 5.74) is 0.502. The van der Waals surface area contributed by atoms with Gasteiger partial charge in [0, 0.05) is 10.5 Å². The van der Waals surface area contributed by atoms with Gasteiger partial charge in [-0.15, -0.1) is 0 Å². The molecule has 1 atom stereocenters. The molecule has 4 heteroatoms. The van der Waals surface area contributed by atoms with Crippen molar-refractivity contribution >= 4 is 34.3 Å². The third-order valence-corrected chi connectivity index (χ3v) is 5.44. The van der Waals surface area contributed by atoms with E-state index in [0.29, 0.717) is 5.56 Å². The summed E-state index contributed by atoms with van der Waals surface area (Å²) in [6.45, 7) is 3.61. The molecule has 0 amide bonds. The van der Waals surface area contributed by atoms with Gasteiger partial charge in [-0.25, -0.2) is 0 Å². The van der Waals surface area contributed by atoms with E-state index in [1.807, 2.05) is 66.7 Å². The maximum absolute atomic E-state index is 13.3. The fourth-order valence-electron chi connectivity index (χ4n) is 2.78. The van der Waals surface area contributed by atoms with Gasteiger partial charge in [-0.2, -0.15) is 0 Å². The summed E-state index contributed by atoms with van der Waals surface area (Å²) < 4.78 is 3.88. The molecule has 26 heavy (non-hydrogen) atoms. The Labute approximate surface area is 157 Å². The van der Waals surface area contributed by atoms with Crippen LogP contribution >= 0.6 is 11.8 Å². The molecule has 0 aliphatic carbocycles. The SMILES string of the molecule is CCOC(=O)C(C)(Sc1ccccc1)C(=O)c1ccc2ccccc2c1. The van der Waals surface area contributed by atoms with Crippen molar-refractivity contribution in [2.45, 2.75) is 23.5 Å². The largest absolute Gasteiger partial charge is 0.465 e. The maximum Gasteiger partial charge on any atom is 0.330 e. The van der Waals surface area contributed by atoms with Crippen molar-refractivity contribution in [2.75, 3.05) is 6.61 Å². The van der Waals surface area contributed by atoms with Gasteiger partial charge in [0.2, 0.25) is 0 Å². The highest BCUT2D eigenvalue weighted by Crippen LogP contribution is 2.37. The third-order valence-electron chi connectivity index (χ3n) is 4.18. The van der Waals surface area contributed by atoms with Crippen molar-refractivity contribution in [1.29, 1.82) is 0 Å². The van der Waals surface area contributed by atoms with Crippen molar-refractivity contribution in [3.63, 3.8) is 0 Å². The van der Waals surface area contributed by atoms with Crippen LogP contribution in [0.15, 0.2) is 77.7 Å². The Morgan fingerprint density at radius 2 is 1.58 bits per heavy atom. The lowest BCUT2D eigenvalue weighted by atomic mass is 9.96. The minimum atomic E-state index is -1.35. The topological polar surface area (TPSA) is 43.4 Å². The lowest BCUT2D eigenvalue weighted by Crippen LogP contribution is -2.42. The van der Waals surface area contributed by atoms with Crippen molar-refractivity contribution in [2.24, 2.45) is 0 Å². The van der Waals surface area contributed by atoms with Crippen molar-refractivity contribution in [1.82, 2.24) is 0 Å². The van der Waals surface area contributed by atoms with Crippen LogP contribution in [0.25, 0.3) is 10.8 Å². The molecule has 0 bridgehead atoms. The van der Waals surface area contributed by atoms with Gasteiger partial charge in [-0.3, -0.25) is 9.59 Å². The number of Topliss-reactive ketones (excluding diaryl/α,β-unsaturated/α-hetero) is 1. The first-order valence-corrected chi connectivity index (χ1v) is 9.31. The zero-order chi connectivity index (χ0) is 18.6. The van der Waals surface area contributed by atoms with Crippen LogP contribution in [0.2, 0.25) is 0 Å². The highest BCUT2D eigenvalue weighted by atomic mass is 32.2. The van der Waals surface area contributed by atoms with Gasteiger partial charge < -0.3 is 4.74 Å². The molecule has 0 aromatic heterocycles. The zero-order valence-corrected chi connectivity index (χ0v) is 15.6. The fraction of sp³-hybridized carbons (Fsp3) is 0.182. The minimum Gasteiger partial charge on any atom is -0.465 e. The molecule has 3 aromatic carbocycles. The molecule has 0 saturated heterocycles. The van der Waals surface area contributed by atoms with Crippen LogP contribution in [0, 0.1) is 0 Å². The summed E-state index contributed by atoms with van der Waals surface area (Å²) in [5.74, 6) is -0.775. The second kappa shape index (κ2) is 7.75. The van der Waals surface area contributed by atoms with Gasteiger partial charge in [-0.1, -0.05) is 66.4 Å². The Morgan fingerprint density at radius 3 is 2.27 bits per heavy atom. The monoisotopic (exact) mass is 364 g/mol. The number of hydrogen-bond donors (Lipinski definition) is 0. The lowest BCUT2D eigenvalue weighted by molar-refractivity contribution is -0.144. The van der Waals surface area contributed by atoms with E-state index in [-0.39, 0.29) is 12.4 Å². The molecular formula is C22H20O3S. The van der Waals surface area contributed by atoms with E-state index in [1.54, 1.807) is 19.9 Å². The first-order valence-electron chi connectivity index (χ1n) is 8.49. The van der Waals surface area contributed by atoms with Crippen LogP contribution in [0.4, 0.5) is 0 Å². The molecule has 0 radical (unpaired) electrons. The summed E-state index contributed by atoms with van der Waals surface area (Å²) >= 11 is 1.22. The van der Waals surface area contributed by atoms with Crippen LogP contribution < -0.4 is 0 Å². The first kappa shape index (κ1) is 18.2. The van der Waals surface area contributed by atoms with Crippen LogP contribution in [-0.2, 0) is 9.53 Å². The van der Waals surface area contributed by atoms with E-state index in [0.717, 1.165) is 15.7 Å². The number of ketones is 1. The number of carbonyl (C=O) groups excluding carboxylic acids is 2. The second-order valence-corrected chi connectivity index (χ2v) is 7.55. The molecule has 0 aliphatic rings. The average molecular weight is 364 g/mol. The quantitative estimate of drug-likeness (QED) is 0.263. The summed E-state index contributed by atoms with van der Waals surface area (Å²) in [6.07, 6.45) is 0. The van der Waals surface area contributed by atoms with Crippen molar-refractivity contribution in [3.8, 4) is 0 Å². The van der Waals surface area contributed by atoms with Crippen LogP contribution in [0.1, 0.15) is 24.2 Å². The van der Waals surface area contributed by atoms with E-state index in [1.165, 1.54) is 11.8 Å². The molecule has 3 aromatic rings. The third kappa shape index (κ3) is 3.65. The van der Waals surface area contributed by atoms with Crippen LogP contribution in [-0.4, -0.2) is 23.1 Å². The second-order valence-electron chi connectivity index (χ2n) is 6.06. The smallest absolute Gasteiger partial charge is 0.330 e. The van der Waals surface area contributed by atoms with Gasteiger partial charge in [0.05, 0.1) is 6.61 Å². The van der Waals surface area contributed by atoms with E-state index in [9.17, 15) is 9.59 Å². The normalized spacial score (nSPS) is 13.2. The number of esters is 1. The number of ether oxygens (including phenoxy) is 1. The lowest BCUT2D eigenvalue weighted by Gasteiger charge is -2.25. The highest BCUT2D eigenvalue weighted by Gasteiger charge is 2.44. The summed E-state index contributed by atoms with van der Waals surface area (Å²) in [5, 5.41) is 2.02. The van der Waals surface area contributed by atoms with Crippen LogP contribution in [0.3, 0.4) is 0 Å². The molecule has 0 N–H and O–H groups in total. The predicted octanol–water partition coefficient (Wildman–Crippen LogP) is 5.14. The Balaban J connectivity index is 2.01. The number of fused-ring (bicyclic) bond motifs is 1. The minimum absolute atomic E-state index is 0.231. The van der Waals surface area contributed by atoms with Gasteiger partial charge >= 0.3 is 5.97 Å². The number of rotatable bonds is 6. The van der Waals surface area contributed by atoms with E-state index in [4.69, 9.17) is 4.74 Å². The molecule has 0 saturated carbocycles. The summed E-state index contributed by atoms with van der Waals surface area (Å²) in [7, 11) is 0. The van der Waals surface area contributed by atoms with Crippen LogP contribution in [0.5, 0.6) is 0 Å². The fourth-order valence-corrected chi connectivity index (χ4v) is 3.90. The molecule has 3 nitrogen and oxygen atoms in total. The zero-order valence-electron chi connectivity index (χ0n) is 14.8. The Kier molecular flexibility index (Phi) is 5.43. The maximum atomic E-state index is 13.3. The Bertz CT molecular complexity index is 936. The first-order chi connectivity index (χ1) is 12.5. The predicted molar refractivity (Wildman–Crippen MR) is 106 cm³/mol. The average Bonchev–Trinajstić information content (AvgIpc) is 2.68. The molecule has 0 heterocycles. The number of hydrogen-bond acceptors (Lipinski definition) is 4. The molecule has 3 rings (SSSR count). The van der Waals surface area contributed by atoms with Gasteiger partial charge in [0.1, 0.15) is 0 Å². The Morgan fingerprint density at radius 1 is 0.923 bits per heavy atom. The molecular weight excluding hydrogens is 344 g/mol. The van der Waals surface area contributed by atoms with E-state index < -0.39 is 10.7 Å². The molecule has 0 fully saturated rings. The summed E-state index contributed by atoms with van der Waals surface area (Å²) in [6, 6.07) is 22.8. The molecule has 132 valence electrons. The standard InChI is InChI=1S/C22H20O3S/c1-3-25-21(24)22(2,26-19-11-5-4-6-12-19)20(23)18-14-13-16-9-7-8-10-17(16)15-18/h4-15H,3H2,1-2H3. The molecule has 1 unspecified atom stereocenters. The Hall–Kier alpha value is -2.59. The number of benzene rings is 3. The van der Waals surface area contributed by atoms with Gasteiger partial charge in [-0.05, 0) is 42.8 Å². The highest BCUT2D eigenvalue weighted by molar-refractivity contribution is 8.02. The van der Waals surface area contributed by atoms with Crippen molar-refractivity contribution in [3.05, 3.63) is 78.4 Å². The van der Waals surface area contributed by atoms with Crippen molar-refractivity contribution < 1.29 is 14.3 Å².